The Morgan fingerprint density at radius 1 is 1.44 bits per heavy atom. The van der Waals surface area contributed by atoms with E-state index in [4.69, 9.17) is 15.6 Å². The van der Waals surface area contributed by atoms with Gasteiger partial charge >= 0.3 is 0 Å². The van der Waals surface area contributed by atoms with Gasteiger partial charge in [-0.1, -0.05) is 11.8 Å². The van der Waals surface area contributed by atoms with Crippen LogP contribution in [0.2, 0.25) is 0 Å². The Bertz CT molecular complexity index is 921. The molecule has 6 nitrogen and oxygen atoms in total. The molecule has 5 N–H and O–H groups in total. The van der Waals surface area contributed by atoms with Crippen molar-refractivity contribution < 1.29 is 19.0 Å². The Morgan fingerprint density at radius 2 is 2.24 bits per heavy atom. The number of aromatic nitrogens is 1. The van der Waals surface area contributed by atoms with E-state index < -0.39 is 11.9 Å². The Labute approximate surface area is 143 Å². The lowest BCUT2D eigenvalue weighted by atomic mass is 9.99. The van der Waals surface area contributed by atoms with Crippen LogP contribution in [0.1, 0.15) is 16.8 Å². The minimum absolute atomic E-state index is 0.0523. The SMILES string of the molecule is COc1cc[nH]c1C=C1C(=O)Nc2ccc(F)c(C#C[C@@H](N)CO)c21. The highest BCUT2D eigenvalue weighted by Gasteiger charge is 2.28. The zero-order chi connectivity index (χ0) is 18.0. The van der Waals surface area contributed by atoms with Gasteiger partial charge in [0.25, 0.3) is 5.91 Å². The lowest BCUT2D eigenvalue weighted by molar-refractivity contribution is -0.110. The first-order chi connectivity index (χ1) is 12.0. The van der Waals surface area contributed by atoms with Gasteiger partial charge in [-0.05, 0) is 24.3 Å². The molecular weight excluding hydrogens is 325 g/mol. The monoisotopic (exact) mass is 341 g/mol. The highest BCUT2D eigenvalue weighted by Crippen LogP contribution is 2.37. The van der Waals surface area contributed by atoms with Crippen LogP contribution in [0.3, 0.4) is 0 Å². The molecule has 0 saturated heterocycles. The number of carbonyl (C=O) groups is 1. The second kappa shape index (κ2) is 6.81. The van der Waals surface area contributed by atoms with Gasteiger partial charge in [0.1, 0.15) is 11.6 Å². The van der Waals surface area contributed by atoms with Gasteiger partial charge in [0.05, 0.1) is 42.3 Å². The second-order valence-corrected chi connectivity index (χ2v) is 5.38. The van der Waals surface area contributed by atoms with Gasteiger partial charge in [0.2, 0.25) is 0 Å². The molecule has 0 radical (unpaired) electrons. The molecule has 1 aromatic carbocycles. The maximum Gasteiger partial charge on any atom is 0.256 e. The third kappa shape index (κ3) is 3.13. The van der Waals surface area contributed by atoms with Crippen LogP contribution >= 0.6 is 0 Å². The molecule has 1 aliphatic rings. The van der Waals surface area contributed by atoms with Crippen LogP contribution in [0.5, 0.6) is 5.75 Å². The first kappa shape index (κ1) is 16.8. The minimum atomic E-state index is -0.795. The molecule has 0 aliphatic carbocycles. The van der Waals surface area contributed by atoms with E-state index in [9.17, 15) is 9.18 Å². The maximum atomic E-state index is 14.3. The summed E-state index contributed by atoms with van der Waals surface area (Å²) in [5.41, 5.74) is 7.28. The number of hydrogen-bond acceptors (Lipinski definition) is 4. The Kier molecular flexibility index (Phi) is 4.57. The van der Waals surface area contributed by atoms with E-state index in [1.54, 1.807) is 18.3 Å². The average molecular weight is 341 g/mol. The molecule has 0 unspecified atom stereocenters. The number of aliphatic hydroxyl groups excluding tert-OH is 1. The Morgan fingerprint density at radius 3 is 2.96 bits per heavy atom. The maximum absolute atomic E-state index is 14.3. The van der Waals surface area contributed by atoms with Gasteiger partial charge in [-0.25, -0.2) is 4.39 Å². The number of hydrogen-bond donors (Lipinski definition) is 4. The lowest BCUT2D eigenvalue weighted by Crippen LogP contribution is -2.21. The second-order valence-electron chi connectivity index (χ2n) is 5.38. The number of H-pyrrole nitrogens is 1. The number of benzene rings is 1. The summed E-state index contributed by atoms with van der Waals surface area (Å²) < 4.78 is 19.5. The molecular formula is C18H16FN3O3. The normalized spacial score (nSPS) is 15.4. The van der Waals surface area contributed by atoms with E-state index in [2.05, 4.69) is 22.1 Å². The molecule has 7 heteroatoms. The van der Waals surface area contributed by atoms with Gasteiger partial charge in [-0.15, -0.1) is 0 Å². The summed E-state index contributed by atoms with van der Waals surface area (Å²) in [4.78, 5) is 15.3. The molecule has 0 spiro atoms. The molecule has 0 fully saturated rings. The number of ether oxygens (including phenoxy) is 1. The van der Waals surface area contributed by atoms with Crippen LogP contribution in [0, 0.1) is 17.7 Å². The van der Waals surface area contributed by atoms with Gasteiger partial charge < -0.3 is 25.9 Å². The van der Waals surface area contributed by atoms with Crippen molar-refractivity contribution in [1.29, 1.82) is 0 Å². The predicted molar refractivity (Wildman–Crippen MR) is 92.2 cm³/mol. The van der Waals surface area contributed by atoms with Gasteiger partial charge in [-0.3, -0.25) is 4.79 Å². The standard InChI is InChI=1S/C18H16FN3O3/c1-25-16-6-7-21-15(16)8-12-17-11(3-2-10(20)9-23)13(19)4-5-14(17)22-18(12)24/h4-8,10,21,23H,9,20H2,1H3,(H,22,24)/t10-/m1/s1. The van der Waals surface area contributed by atoms with Crippen molar-refractivity contribution in [2.45, 2.75) is 6.04 Å². The number of aromatic amines is 1. The minimum Gasteiger partial charge on any atom is -0.495 e. The van der Waals surface area contributed by atoms with E-state index in [1.165, 1.54) is 19.2 Å². The number of nitrogens with one attached hydrogen (secondary N) is 2. The number of amides is 1. The van der Waals surface area contributed by atoms with Crippen molar-refractivity contribution in [1.82, 2.24) is 4.98 Å². The number of fused-ring (bicyclic) bond motifs is 1. The van der Waals surface area contributed by atoms with Crippen LogP contribution in [0.15, 0.2) is 24.4 Å². The fourth-order valence-electron chi connectivity index (χ4n) is 2.54. The number of anilines is 1. The van der Waals surface area contributed by atoms with Gasteiger partial charge in [0, 0.05) is 11.8 Å². The molecule has 25 heavy (non-hydrogen) atoms. The molecule has 0 saturated carbocycles. The average Bonchev–Trinajstić information content (AvgIpc) is 3.18. The Hall–Kier alpha value is -3.08. The number of rotatable bonds is 3. The summed E-state index contributed by atoms with van der Waals surface area (Å²) in [6.45, 7) is -0.344. The summed E-state index contributed by atoms with van der Waals surface area (Å²) in [7, 11) is 1.51. The number of halogens is 1. The summed E-state index contributed by atoms with van der Waals surface area (Å²) in [6.07, 6.45) is 3.25. The summed E-state index contributed by atoms with van der Waals surface area (Å²) in [5, 5.41) is 11.7. The zero-order valence-corrected chi connectivity index (χ0v) is 13.4. The van der Waals surface area contributed by atoms with E-state index >= 15 is 0 Å². The third-order valence-corrected chi connectivity index (χ3v) is 3.74. The van der Waals surface area contributed by atoms with Crippen LogP contribution in [0.4, 0.5) is 10.1 Å². The number of aliphatic hydroxyl groups is 1. The van der Waals surface area contributed by atoms with Crippen molar-refractivity contribution in [3.05, 3.63) is 47.0 Å². The fraction of sp³-hybridized carbons (Fsp3) is 0.167. The molecule has 1 amide bonds. The van der Waals surface area contributed by atoms with Crippen molar-refractivity contribution in [3.63, 3.8) is 0 Å². The summed E-state index contributed by atoms with van der Waals surface area (Å²) >= 11 is 0. The molecule has 3 rings (SSSR count). The number of methoxy groups -OCH3 is 1. The van der Waals surface area contributed by atoms with Gasteiger partial charge in [-0.2, -0.15) is 0 Å². The molecule has 1 atom stereocenters. The zero-order valence-electron chi connectivity index (χ0n) is 13.4. The molecule has 128 valence electrons. The highest BCUT2D eigenvalue weighted by atomic mass is 19.1. The predicted octanol–water partition coefficient (Wildman–Crippen LogP) is 1.33. The molecule has 1 aliphatic heterocycles. The first-order valence-corrected chi connectivity index (χ1v) is 7.50. The van der Waals surface area contributed by atoms with Crippen LogP contribution in [-0.4, -0.2) is 35.8 Å². The number of nitrogens with two attached hydrogens (primary N) is 1. The van der Waals surface area contributed by atoms with E-state index in [1.807, 2.05) is 0 Å². The topological polar surface area (TPSA) is 100 Å². The molecule has 1 aromatic heterocycles. The summed E-state index contributed by atoms with van der Waals surface area (Å²) in [6, 6.07) is 3.63. The van der Waals surface area contributed by atoms with Crippen molar-refractivity contribution in [2.75, 3.05) is 19.0 Å². The molecule has 2 aromatic rings. The van der Waals surface area contributed by atoms with Crippen molar-refractivity contribution >= 4 is 23.2 Å². The first-order valence-electron chi connectivity index (χ1n) is 7.50. The van der Waals surface area contributed by atoms with Crippen LogP contribution < -0.4 is 15.8 Å². The Balaban J connectivity index is 2.16. The largest absolute Gasteiger partial charge is 0.495 e. The molecule has 0 bridgehead atoms. The van der Waals surface area contributed by atoms with Crippen LogP contribution in [-0.2, 0) is 4.79 Å². The summed E-state index contributed by atoms with van der Waals surface area (Å²) in [5.74, 6) is 4.83. The van der Waals surface area contributed by atoms with E-state index in [0.717, 1.165) is 0 Å². The van der Waals surface area contributed by atoms with Gasteiger partial charge in [0.15, 0.2) is 0 Å². The van der Waals surface area contributed by atoms with Crippen molar-refractivity contribution in [2.24, 2.45) is 5.73 Å². The van der Waals surface area contributed by atoms with Crippen molar-refractivity contribution in [3.8, 4) is 17.6 Å². The highest BCUT2D eigenvalue weighted by molar-refractivity contribution is 6.35. The third-order valence-electron chi connectivity index (χ3n) is 3.74. The smallest absolute Gasteiger partial charge is 0.256 e. The lowest BCUT2D eigenvalue weighted by Gasteiger charge is -2.05. The number of carbonyl (C=O) groups excluding carboxylic acids is 1. The van der Waals surface area contributed by atoms with E-state index in [0.29, 0.717) is 22.7 Å². The molecule has 2 heterocycles. The fourth-order valence-corrected chi connectivity index (χ4v) is 2.54. The van der Waals surface area contributed by atoms with E-state index in [-0.39, 0.29) is 23.7 Å². The van der Waals surface area contributed by atoms with Crippen LogP contribution in [0.25, 0.3) is 11.6 Å². The quantitative estimate of drug-likeness (QED) is 0.500.